The first-order chi connectivity index (χ1) is 13.1. The molecule has 0 bridgehead atoms. The summed E-state index contributed by atoms with van der Waals surface area (Å²) in [5.41, 5.74) is 1.27. The largest absolute Gasteiger partial charge is 0.478 e. The van der Waals surface area contributed by atoms with Gasteiger partial charge in [0.25, 0.3) is 15.9 Å². The van der Waals surface area contributed by atoms with E-state index in [0.717, 1.165) is 0 Å². The molecule has 2 amide bonds. The lowest BCUT2D eigenvalue weighted by molar-refractivity contribution is -0.125. The summed E-state index contributed by atoms with van der Waals surface area (Å²) in [5.74, 6) is -1.28. The molecule has 0 spiro atoms. The molecule has 1 aliphatic heterocycles. The zero-order valence-electron chi connectivity index (χ0n) is 15.9. The maximum absolute atomic E-state index is 12.7. The van der Waals surface area contributed by atoms with E-state index in [-0.39, 0.29) is 28.2 Å². The molecule has 2 N–H and O–H groups in total. The van der Waals surface area contributed by atoms with Crippen LogP contribution in [0, 0.1) is 12.8 Å². The Morgan fingerprint density at radius 3 is 2.64 bits per heavy atom. The fourth-order valence-electron chi connectivity index (χ4n) is 2.80. The third-order valence-electron chi connectivity index (χ3n) is 4.31. The predicted octanol–water partition coefficient (Wildman–Crippen LogP) is 2.02. The van der Waals surface area contributed by atoms with Crippen molar-refractivity contribution in [1.29, 1.82) is 0 Å². The molecule has 1 aliphatic rings. The first-order valence-electron chi connectivity index (χ1n) is 8.77. The van der Waals surface area contributed by atoms with E-state index in [4.69, 9.17) is 9.26 Å². The number of carbonyl (C=O) groups is 2. The summed E-state index contributed by atoms with van der Waals surface area (Å²) in [6, 6.07) is 4.18. The molecule has 0 radical (unpaired) electrons. The summed E-state index contributed by atoms with van der Waals surface area (Å²) in [6.07, 6.45) is -0.185. The van der Waals surface area contributed by atoms with Crippen LogP contribution in [0.15, 0.2) is 27.6 Å². The Morgan fingerprint density at radius 2 is 2.04 bits per heavy atom. The summed E-state index contributed by atoms with van der Waals surface area (Å²) < 4.78 is 38.0. The molecule has 150 valence electrons. The molecule has 0 saturated heterocycles. The van der Waals surface area contributed by atoms with Crippen LogP contribution in [-0.4, -0.2) is 31.5 Å². The number of hydrogen-bond acceptors (Lipinski definition) is 7. The molecule has 28 heavy (non-hydrogen) atoms. The van der Waals surface area contributed by atoms with Crippen molar-refractivity contribution in [3.63, 3.8) is 0 Å². The van der Waals surface area contributed by atoms with E-state index < -0.39 is 22.0 Å². The molecule has 2 aromatic rings. The van der Waals surface area contributed by atoms with Gasteiger partial charge in [0, 0.05) is 12.1 Å². The number of aryl methyl sites for hydroxylation is 2. The van der Waals surface area contributed by atoms with E-state index in [9.17, 15) is 18.0 Å². The predicted molar refractivity (Wildman–Crippen MR) is 99.6 cm³/mol. The van der Waals surface area contributed by atoms with Crippen molar-refractivity contribution in [3.05, 3.63) is 35.2 Å². The van der Waals surface area contributed by atoms with E-state index in [1.54, 1.807) is 6.92 Å². The van der Waals surface area contributed by atoms with Gasteiger partial charge in [0.1, 0.15) is 5.75 Å². The molecule has 0 aliphatic carbocycles. The maximum atomic E-state index is 12.7. The lowest BCUT2D eigenvalue weighted by atomic mass is 10.0. The minimum atomic E-state index is -4.20. The Labute approximate surface area is 162 Å². The van der Waals surface area contributed by atoms with E-state index in [1.807, 2.05) is 25.5 Å². The number of nitrogens with zero attached hydrogens (tertiary/aromatic N) is 1. The van der Waals surface area contributed by atoms with Gasteiger partial charge in [-0.3, -0.25) is 9.59 Å². The van der Waals surface area contributed by atoms with Gasteiger partial charge in [-0.2, -0.15) is 0 Å². The van der Waals surface area contributed by atoms with Crippen molar-refractivity contribution in [1.82, 2.24) is 9.88 Å². The zero-order valence-corrected chi connectivity index (χ0v) is 16.7. The molecule has 1 aromatic heterocycles. The van der Waals surface area contributed by atoms with Crippen LogP contribution in [0.1, 0.15) is 42.6 Å². The number of aromatic nitrogens is 1. The molecule has 3 rings (SSSR count). The molecule has 1 aromatic carbocycles. The van der Waals surface area contributed by atoms with Gasteiger partial charge in [-0.15, -0.1) is 0 Å². The second-order valence-corrected chi connectivity index (χ2v) is 8.51. The number of rotatable bonds is 5. The summed E-state index contributed by atoms with van der Waals surface area (Å²) in [7, 11) is -4.20. The lowest BCUT2D eigenvalue weighted by Crippen LogP contribution is -2.40. The monoisotopic (exact) mass is 407 g/mol. The van der Waals surface area contributed by atoms with Crippen molar-refractivity contribution in [2.75, 3.05) is 5.32 Å². The highest BCUT2D eigenvalue weighted by Crippen LogP contribution is 2.35. The van der Waals surface area contributed by atoms with Gasteiger partial charge >= 0.3 is 5.91 Å². The summed E-state index contributed by atoms with van der Waals surface area (Å²) in [5, 5.41) is 6.39. The molecule has 2 heterocycles. The Morgan fingerprint density at radius 1 is 1.32 bits per heavy atom. The first kappa shape index (κ1) is 19.9. The van der Waals surface area contributed by atoms with Crippen LogP contribution in [0.4, 0.5) is 5.69 Å². The van der Waals surface area contributed by atoms with E-state index in [1.165, 1.54) is 18.2 Å². The third kappa shape index (κ3) is 3.72. The number of nitrogens with one attached hydrogen (secondary N) is 2. The highest BCUT2D eigenvalue weighted by Gasteiger charge is 2.32. The molecule has 0 saturated carbocycles. The lowest BCUT2D eigenvalue weighted by Gasteiger charge is -2.29. The number of sulfonamides is 1. The fourth-order valence-corrected chi connectivity index (χ4v) is 4.00. The van der Waals surface area contributed by atoms with Crippen LogP contribution in [0.2, 0.25) is 0 Å². The van der Waals surface area contributed by atoms with Crippen molar-refractivity contribution >= 4 is 27.5 Å². The van der Waals surface area contributed by atoms with Gasteiger partial charge in [0.05, 0.1) is 16.3 Å². The Balaban J connectivity index is 1.91. The Hall–Kier alpha value is -2.88. The molecular weight excluding hydrogens is 386 g/mol. The summed E-state index contributed by atoms with van der Waals surface area (Å²) in [4.78, 5) is 24.2. The minimum Gasteiger partial charge on any atom is -0.478 e. The van der Waals surface area contributed by atoms with E-state index in [0.29, 0.717) is 23.4 Å². The summed E-state index contributed by atoms with van der Waals surface area (Å²) in [6.45, 7) is 7.03. The van der Waals surface area contributed by atoms with Gasteiger partial charge in [0.15, 0.2) is 6.10 Å². The SMILES string of the molecule is CCc1cc(C(=O)NS(=O)(=O)c2cc3c(cc2C)NC(=O)C(C(C)C)O3)on1. The normalized spacial score (nSPS) is 16.3. The van der Waals surface area contributed by atoms with E-state index in [2.05, 4.69) is 10.5 Å². The van der Waals surface area contributed by atoms with Gasteiger partial charge in [-0.1, -0.05) is 25.9 Å². The number of ether oxygens (including phenoxy) is 1. The number of hydrogen-bond donors (Lipinski definition) is 2. The van der Waals surface area contributed by atoms with Crippen LogP contribution in [-0.2, 0) is 21.2 Å². The molecule has 10 heteroatoms. The average Bonchev–Trinajstić information content (AvgIpc) is 3.09. The van der Waals surface area contributed by atoms with Crippen LogP contribution in [0.5, 0.6) is 5.75 Å². The highest BCUT2D eigenvalue weighted by molar-refractivity contribution is 7.90. The molecular formula is C18H21N3O6S. The number of fused-ring (bicyclic) bond motifs is 1. The van der Waals surface area contributed by atoms with Crippen LogP contribution < -0.4 is 14.8 Å². The molecule has 1 unspecified atom stereocenters. The minimum absolute atomic E-state index is 0.103. The van der Waals surface area contributed by atoms with Crippen molar-refractivity contribution in [2.24, 2.45) is 5.92 Å². The standard InChI is InChI=1S/C18H21N3O6S/c1-5-11-7-14(27-20-11)17(22)21-28(24,25)15-8-13-12(6-10(15)4)19-18(23)16(26-13)9(2)3/h6-9,16H,5H2,1-4H3,(H,19,23)(H,21,22). The number of benzene rings is 1. The fraction of sp³-hybridized carbons (Fsp3) is 0.389. The third-order valence-corrected chi connectivity index (χ3v) is 5.79. The smallest absolute Gasteiger partial charge is 0.303 e. The van der Waals surface area contributed by atoms with E-state index >= 15 is 0 Å². The Bertz CT molecular complexity index is 1040. The van der Waals surface area contributed by atoms with Crippen LogP contribution >= 0.6 is 0 Å². The second-order valence-electron chi connectivity index (χ2n) is 6.86. The first-order valence-corrected chi connectivity index (χ1v) is 10.3. The van der Waals surface area contributed by atoms with Gasteiger partial charge in [0.2, 0.25) is 5.76 Å². The molecule has 9 nitrogen and oxygen atoms in total. The summed E-state index contributed by atoms with van der Waals surface area (Å²) >= 11 is 0. The van der Waals surface area contributed by atoms with Gasteiger partial charge in [-0.05, 0) is 30.9 Å². The average molecular weight is 407 g/mol. The quantitative estimate of drug-likeness (QED) is 0.776. The molecule has 0 fully saturated rings. The Kier molecular flexibility index (Phi) is 5.16. The van der Waals surface area contributed by atoms with Gasteiger partial charge in [-0.25, -0.2) is 13.1 Å². The second kappa shape index (κ2) is 7.27. The topological polar surface area (TPSA) is 128 Å². The van der Waals surface area contributed by atoms with Gasteiger partial charge < -0.3 is 14.6 Å². The highest BCUT2D eigenvalue weighted by atomic mass is 32.2. The molecule has 1 atom stereocenters. The van der Waals surface area contributed by atoms with Crippen molar-refractivity contribution < 1.29 is 27.3 Å². The van der Waals surface area contributed by atoms with Crippen molar-refractivity contribution in [2.45, 2.75) is 45.1 Å². The van der Waals surface area contributed by atoms with Crippen LogP contribution in [0.3, 0.4) is 0 Å². The number of anilines is 1. The maximum Gasteiger partial charge on any atom is 0.303 e. The number of amides is 2. The van der Waals surface area contributed by atoms with Crippen LogP contribution in [0.25, 0.3) is 0 Å². The number of carbonyl (C=O) groups excluding carboxylic acids is 2. The zero-order chi connectivity index (χ0) is 20.6. The van der Waals surface area contributed by atoms with Crippen molar-refractivity contribution in [3.8, 4) is 5.75 Å².